The fourth-order valence-electron chi connectivity index (χ4n) is 2.33. The van der Waals surface area contributed by atoms with Crippen LogP contribution in [-0.4, -0.2) is 41.0 Å². The van der Waals surface area contributed by atoms with Gasteiger partial charge in [-0.3, -0.25) is 14.9 Å². The predicted molar refractivity (Wildman–Crippen MR) is 115 cm³/mol. The van der Waals surface area contributed by atoms with Crippen LogP contribution in [0.25, 0.3) is 0 Å². The quantitative estimate of drug-likeness (QED) is 0.285. The zero-order valence-corrected chi connectivity index (χ0v) is 17.6. The van der Waals surface area contributed by atoms with E-state index in [1.54, 1.807) is 7.11 Å². The lowest BCUT2D eigenvalue weighted by Gasteiger charge is -2.07. The zero-order chi connectivity index (χ0) is 21.5. The SMILES string of the molecule is COc1ccc(Nc2nnc(SCC(=O)Nc3ccc(OC)cc3[N+](=O)[O-])s2)cc1. The van der Waals surface area contributed by atoms with E-state index in [9.17, 15) is 14.9 Å². The molecule has 0 unspecified atom stereocenters. The Hall–Kier alpha value is -3.38. The van der Waals surface area contributed by atoms with E-state index in [-0.39, 0.29) is 17.1 Å². The summed E-state index contributed by atoms with van der Waals surface area (Å²) in [6, 6.07) is 11.6. The van der Waals surface area contributed by atoms with Crippen LogP contribution in [0.3, 0.4) is 0 Å². The van der Waals surface area contributed by atoms with E-state index in [1.165, 1.54) is 48.4 Å². The lowest BCUT2D eigenvalue weighted by Crippen LogP contribution is -2.15. The number of ether oxygens (including phenoxy) is 2. The summed E-state index contributed by atoms with van der Waals surface area (Å²) in [6.45, 7) is 0. The van der Waals surface area contributed by atoms with Crippen LogP contribution in [0.15, 0.2) is 46.8 Å². The Morgan fingerprint density at radius 2 is 1.83 bits per heavy atom. The minimum atomic E-state index is -0.576. The maximum Gasteiger partial charge on any atom is 0.296 e. The number of aromatic nitrogens is 2. The fourth-order valence-corrected chi connectivity index (χ4v) is 3.90. The van der Waals surface area contributed by atoms with Crippen molar-refractivity contribution < 1.29 is 19.2 Å². The molecule has 0 spiro atoms. The monoisotopic (exact) mass is 447 g/mol. The number of benzene rings is 2. The molecule has 3 rings (SSSR count). The molecule has 0 atom stereocenters. The van der Waals surface area contributed by atoms with Crippen molar-refractivity contribution in [3.63, 3.8) is 0 Å². The number of anilines is 3. The molecule has 0 fully saturated rings. The first kappa shape index (κ1) is 21.3. The van der Waals surface area contributed by atoms with E-state index in [4.69, 9.17) is 9.47 Å². The van der Waals surface area contributed by atoms with Crippen LogP contribution < -0.4 is 20.1 Å². The first-order valence-corrected chi connectivity index (χ1v) is 10.3. The number of carbonyl (C=O) groups excluding carboxylic acids is 1. The molecule has 1 aromatic heterocycles. The topological polar surface area (TPSA) is 129 Å². The highest BCUT2D eigenvalue weighted by Crippen LogP contribution is 2.31. The van der Waals surface area contributed by atoms with Crippen LogP contribution >= 0.6 is 23.1 Å². The van der Waals surface area contributed by atoms with Gasteiger partial charge in [-0.1, -0.05) is 23.1 Å². The summed E-state index contributed by atoms with van der Waals surface area (Å²) in [6.07, 6.45) is 0. The second-order valence-electron chi connectivity index (χ2n) is 5.70. The summed E-state index contributed by atoms with van der Waals surface area (Å²) < 4.78 is 10.7. The highest BCUT2D eigenvalue weighted by atomic mass is 32.2. The number of amides is 1. The van der Waals surface area contributed by atoms with Gasteiger partial charge < -0.3 is 20.1 Å². The van der Waals surface area contributed by atoms with Crippen molar-refractivity contribution in [2.45, 2.75) is 4.34 Å². The van der Waals surface area contributed by atoms with E-state index in [2.05, 4.69) is 20.8 Å². The molecule has 0 aliphatic heterocycles. The van der Waals surface area contributed by atoms with Gasteiger partial charge in [0.2, 0.25) is 11.0 Å². The third-order valence-electron chi connectivity index (χ3n) is 3.75. The number of nitrogens with one attached hydrogen (secondary N) is 2. The van der Waals surface area contributed by atoms with E-state index < -0.39 is 10.8 Å². The van der Waals surface area contributed by atoms with Crippen LogP contribution in [0.2, 0.25) is 0 Å². The van der Waals surface area contributed by atoms with Gasteiger partial charge in [0.25, 0.3) is 5.69 Å². The second kappa shape index (κ2) is 9.89. The van der Waals surface area contributed by atoms with Gasteiger partial charge in [-0.2, -0.15) is 0 Å². The van der Waals surface area contributed by atoms with Crippen LogP contribution in [0.1, 0.15) is 0 Å². The van der Waals surface area contributed by atoms with Gasteiger partial charge in [-0.15, -0.1) is 10.2 Å². The van der Waals surface area contributed by atoms with Crippen molar-refractivity contribution in [3.8, 4) is 11.5 Å². The molecule has 156 valence electrons. The van der Waals surface area contributed by atoms with Crippen molar-refractivity contribution in [2.75, 3.05) is 30.6 Å². The highest BCUT2D eigenvalue weighted by Gasteiger charge is 2.18. The summed E-state index contributed by atoms with van der Waals surface area (Å²) in [5.41, 5.74) is 0.688. The maximum absolute atomic E-state index is 12.2. The summed E-state index contributed by atoms with van der Waals surface area (Å²) in [7, 11) is 3.01. The average Bonchev–Trinajstić information content (AvgIpc) is 3.20. The normalized spacial score (nSPS) is 10.3. The van der Waals surface area contributed by atoms with Crippen LogP contribution in [0, 0.1) is 10.1 Å². The molecule has 2 N–H and O–H groups in total. The van der Waals surface area contributed by atoms with E-state index in [0.29, 0.717) is 15.2 Å². The number of nitro benzene ring substituents is 1. The molecule has 3 aromatic rings. The molecule has 0 saturated heterocycles. The number of nitro groups is 1. The van der Waals surface area contributed by atoms with E-state index >= 15 is 0 Å². The zero-order valence-electron chi connectivity index (χ0n) is 15.9. The number of methoxy groups -OCH3 is 2. The molecule has 0 aliphatic rings. The summed E-state index contributed by atoms with van der Waals surface area (Å²) in [5.74, 6) is 0.713. The van der Waals surface area contributed by atoms with Gasteiger partial charge in [0.15, 0.2) is 4.34 Å². The van der Waals surface area contributed by atoms with Crippen LogP contribution in [-0.2, 0) is 4.79 Å². The standard InChI is InChI=1S/C18H17N5O5S2/c1-27-12-5-3-11(4-6-12)19-17-21-22-18(30-17)29-10-16(24)20-14-8-7-13(28-2)9-15(14)23(25)26/h3-9H,10H2,1-2H3,(H,19,21)(H,20,24). The smallest absolute Gasteiger partial charge is 0.296 e. The minimum Gasteiger partial charge on any atom is -0.497 e. The summed E-state index contributed by atoms with van der Waals surface area (Å²) >= 11 is 2.48. The molecule has 0 bridgehead atoms. The van der Waals surface area contributed by atoms with Gasteiger partial charge in [0, 0.05) is 5.69 Å². The minimum absolute atomic E-state index is 0.0281. The Balaban J connectivity index is 1.56. The fraction of sp³-hybridized carbons (Fsp3) is 0.167. The van der Waals surface area contributed by atoms with E-state index in [0.717, 1.165) is 11.4 Å². The Morgan fingerprint density at radius 1 is 1.13 bits per heavy atom. The number of rotatable bonds is 9. The van der Waals surface area contributed by atoms with Gasteiger partial charge in [-0.25, -0.2) is 0 Å². The van der Waals surface area contributed by atoms with Gasteiger partial charge in [0.1, 0.15) is 17.2 Å². The number of hydrogen-bond acceptors (Lipinski definition) is 10. The third kappa shape index (κ3) is 5.58. The maximum atomic E-state index is 12.2. The molecule has 12 heteroatoms. The van der Waals surface area contributed by atoms with Gasteiger partial charge in [0.05, 0.1) is 31.0 Å². The number of hydrogen-bond donors (Lipinski definition) is 2. The van der Waals surface area contributed by atoms with Crippen molar-refractivity contribution >= 4 is 51.2 Å². The first-order chi connectivity index (χ1) is 14.5. The lowest BCUT2D eigenvalue weighted by atomic mass is 10.2. The average molecular weight is 447 g/mol. The summed E-state index contributed by atoms with van der Waals surface area (Å²) in [5, 5.41) is 25.5. The van der Waals surface area contributed by atoms with Gasteiger partial charge >= 0.3 is 0 Å². The van der Waals surface area contributed by atoms with Crippen LogP contribution in [0.5, 0.6) is 11.5 Å². The number of thioether (sulfide) groups is 1. The molecule has 2 aromatic carbocycles. The number of carbonyl (C=O) groups is 1. The molecule has 0 saturated carbocycles. The Kier molecular flexibility index (Phi) is 7.03. The first-order valence-electron chi connectivity index (χ1n) is 8.48. The Morgan fingerprint density at radius 3 is 2.50 bits per heavy atom. The molecule has 30 heavy (non-hydrogen) atoms. The Bertz CT molecular complexity index is 1040. The summed E-state index contributed by atoms with van der Waals surface area (Å²) in [4.78, 5) is 22.8. The van der Waals surface area contributed by atoms with Crippen molar-refractivity contribution in [2.24, 2.45) is 0 Å². The molecule has 10 nitrogen and oxygen atoms in total. The largest absolute Gasteiger partial charge is 0.497 e. The lowest BCUT2D eigenvalue weighted by molar-refractivity contribution is -0.384. The Labute approximate surface area is 179 Å². The van der Waals surface area contributed by atoms with Crippen molar-refractivity contribution in [3.05, 3.63) is 52.6 Å². The number of nitrogens with zero attached hydrogens (tertiary/aromatic N) is 3. The molecular formula is C18H17N5O5S2. The molecule has 1 heterocycles. The molecule has 0 radical (unpaired) electrons. The van der Waals surface area contributed by atoms with Crippen LogP contribution in [0.4, 0.5) is 22.2 Å². The van der Waals surface area contributed by atoms with Crippen molar-refractivity contribution in [1.82, 2.24) is 10.2 Å². The molecule has 1 amide bonds. The van der Waals surface area contributed by atoms with Crippen molar-refractivity contribution in [1.29, 1.82) is 0 Å². The third-order valence-corrected chi connectivity index (χ3v) is 5.72. The molecule has 0 aliphatic carbocycles. The highest BCUT2D eigenvalue weighted by molar-refractivity contribution is 8.01. The van der Waals surface area contributed by atoms with E-state index in [1.807, 2.05) is 24.3 Å². The predicted octanol–water partition coefficient (Wildman–Crippen LogP) is 3.94. The second-order valence-corrected chi connectivity index (χ2v) is 7.90. The van der Waals surface area contributed by atoms with Gasteiger partial charge in [-0.05, 0) is 36.4 Å². The molecular weight excluding hydrogens is 430 g/mol.